The first-order valence-electron chi connectivity index (χ1n) is 7.56. The maximum absolute atomic E-state index is 12.5. The highest BCUT2D eigenvalue weighted by atomic mass is 32.2. The van der Waals surface area contributed by atoms with Crippen molar-refractivity contribution in [2.75, 3.05) is 4.72 Å². The van der Waals surface area contributed by atoms with E-state index in [9.17, 15) is 8.42 Å². The smallest absolute Gasteiger partial charge is 0.255 e. The first-order chi connectivity index (χ1) is 11.1. The highest BCUT2D eigenvalue weighted by Gasteiger charge is 2.19. The van der Waals surface area contributed by atoms with E-state index in [-0.39, 0.29) is 11.3 Å². The van der Waals surface area contributed by atoms with Crippen LogP contribution in [0.3, 0.4) is 0 Å². The van der Waals surface area contributed by atoms with Crippen LogP contribution in [0.25, 0.3) is 0 Å². The molecule has 1 aliphatic carbocycles. The van der Waals surface area contributed by atoms with Crippen molar-refractivity contribution in [1.82, 2.24) is 4.98 Å². The van der Waals surface area contributed by atoms with Gasteiger partial charge in [0, 0.05) is 4.88 Å². The molecule has 0 bridgehead atoms. The second-order valence-corrected chi connectivity index (χ2v) is 8.30. The molecule has 0 aliphatic heterocycles. The van der Waals surface area contributed by atoms with E-state index in [0.29, 0.717) is 10.7 Å². The number of aryl methyl sites for hydroxylation is 2. The summed E-state index contributed by atoms with van der Waals surface area (Å²) in [6.45, 7) is 0. The summed E-state index contributed by atoms with van der Waals surface area (Å²) in [6, 6.07) is 8.48. The van der Waals surface area contributed by atoms with E-state index in [1.165, 1.54) is 34.8 Å². The fraction of sp³-hybridized carbons (Fsp3) is 0.375. The minimum atomic E-state index is -3.67. The Morgan fingerprint density at radius 1 is 1.26 bits per heavy atom. The maximum Gasteiger partial charge on any atom is 0.263 e. The third-order valence-corrected chi connectivity index (χ3v) is 6.35. The molecule has 0 saturated carbocycles. The van der Waals surface area contributed by atoms with Gasteiger partial charge in [0.25, 0.3) is 10.0 Å². The van der Waals surface area contributed by atoms with Crippen LogP contribution in [0.5, 0.6) is 0 Å². The molecule has 0 spiro atoms. The second-order valence-electron chi connectivity index (χ2n) is 5.54. The molecule has 5 nitrogen and oxygen atoms in total. The van der Waals surface area contributed by atoms with Crippen LogP contribution < -0.4 is 4.72 Å². The molecule has 0 unspecified atom stereocenters. The Hall–Kier alpha value is -1.91. The molecule has 3 rings (SSSR count). The number of fused-ring (bicyclic) bond motifs is 1. The molecular formula is C16H17N3O2S2. The molecular weight excluding hydrogens is 330 g/mol. The first-order valence-corrected chi connectivity index (χ1v) is 9.86. The number of hydrogen-bond donors (Lipinski definition) is 1. The zero-order chi connectivity index (χ0) is 16.3. The molecule has 0 saturated heterocycles. The minimum Gasteiger partial charge on any atom is -0.255 e. The van der Waals surface area contributed by atoms with Gasteiger partial charge in [-0.2, -0.15) is 5.26 Å². The molecule has 1 aliphatic rings. The molecule has 2 aromatic rings. The Morgan fingerprint density at radius 2 is 2.09 bits per heavy atom. The van der Waals surface area contributed by atoms with Gasteiger partial charge in [0.05, 0.1) is 23.1 Å². The summed E-state index contributed by atoms with van der Waals surface area (Å²) < 4.78 is 27.6. The predicted octanol–water partition coefficient (Wildman–Crippen LogP) is 3.28. The molecule has 1 aromatic heterocycles. The Kier molecular flexibility index (Phi) is 4.64. The number of thiazole rings is 1. The van der Waals surface area contributed by atoms with Crippen molar-refractivity contribution in [3.8, 4) is 6.07 Å². The lowest BCUT2D eigenvalue weighted by molar-refractivity contribution is 0.601. The van der Waals surface area contributed by atoms with Crippen LogP contribution >= 0.6 is 11.3 Å². The van der Waals surface area contributed by atoms with Crippen molar-refractivity contribution in [2.45, 2.75) is 43.4 Å². The van der Waals surface area contributed by atoms with E-state index in [4.69, 9.17) is 5.26 Å². The predicted molar refractivity (Wildman–Crippen MR) is 89.9 cm³/mol. The zero-order valence-corrected chi connectivity index (χ0v) is 14.2. The van der Waals surface area contributed by atoms with Crippen LogP contribution in [0.15, 0.2) is 29.2 Å². The van der Waals surface area contributed by atoms with Crippen molar-refractivity contribution in [1.29, 1.82) is 5.26 Å². The van der Waals surface area contributed by atoms with Crippen molar-refractivity contribution >= 4 is 26.5 Å². The number of nitriles is 1. The van der Waals surface area contributed by atoms with Gasteiger partial charge in [-0.25, -0.2) is 13.4 Å². The molecule has 23 heavy (non-hydrogen) atoms. The lowest BCUT2D eigenvalue weighted by atomic mass is 10.2. The monoisotopic (exact) mass is 347 g/mol. The topological polar surface area (TPSA) is 82.8 Å². The number of aromatic nitrogens is 1. The van der Waals surface area contributed by atoms with Gasteiger partial charge in [-0.15, -0.1) is 11.3 Å². The van der Waals surface area contributed by atoms with E-state index in [1.54, 1.807) is 12.1 Å². The molecule has 0 atom stereocenters. The van der Waals surface area contributed by atoms with Crippen LogP contribution in [0, 0.1) is 11.3 Å². The van der Waals surface area contributed by atoms with Crippen molar-refractivity contribution in [3.05, 3.63) is 40.4 Å². The first kappa shape index (κ1) is 16.0. The van der Waals surface area contributed by atoms with Crippen LogP contribution in [0.1, 0.15) is 35.4 Å². The van der Waals surface area contributed by atoms with E-state index in [2.05, 4.69) is 9.71 Å². The zero-order valence-electron chi connectivity index (χ0n) is 12.6. The molecule has 1 heterocycles. The average molecular weight is 347 g/mol. The van der Waals surface area contributed by atoms with Gasteiger partial charge >= 0.3 is 0 Å². The largest absolute Gasteiger partial charge is 0.263 e. The highest BCUT2D eigenvalue weighted by molar-refractivity contribution is 7.93. The lowest BCUT2D eigenvalue weighted by Gasteiger charge is -2.06. The fourth-order valence-electron chi connectivity index (χ4n) is 2.66. The number of benzene rings is 1. The Labute approximate surface area is 140 Å². The van der Waals surface area contributed by atoms with Gasteiger partial charge in [0.1, 0.15) is 0 Å². The second kappa shape index (κ2) is 6.69. The summed E-state index contributed by atoms with van der Waals surface area (Å²) in [5, 5.41) is 9.17. The van der Waals surface area contributed by atoms with Crippen LogP contribution in [-0.2, 0) is 29.3 Å². The van der Waals surface area contributed by atoms with Gasteiger partial charge in [-0.3, -0.25) is 4.72 Å². The SMILES string of the molecule is N#CCc1cccc(S(=O)(=O)Nc2nc3c(s2)CCCCC3)c1. The summed E-state index contributed by atoms with van der Waals surface area (Å²) in [5.41, 5.74) is 1.72. The van der Waals surface area contributed by atoms with E-state index in [1.807, 2.05) is 6.07 Å². The third kappa shape index (κ3) is 3.71. The molecule has 1 aromatic carbocycles. The number of rotatable bonds is 4. The maximum atomic E-state index is 12.5. The van der Waals surface area contributed by atoms with E-state index < -0.39 is 10.0 Å². The molecule has 1 N–H and O–H groups in total. The van der Waals surface area contributed by atoms with Crippen molar-refractivity contribution < 1.29 is 8.42 Å². The van der Waals surface area contributed by atoms with Crippen molar-refractivity contribution in [2.24, 2.45) is 0 Å². The molecule has 0 fully saturated rings. The van der Waals surface area contributed by atoms with Gasteiger partial charge in [0.2, 0.25) is 0 Å². The number of sulfonamides is 1. The Balaban J connectivity index is 1.84. The van der Waals surface area contributed by atoms with Crippen LogP contribution in [0.2, 0.25) is 0 Å². The van der Waals surface area contributed by atoms with Gasteiger partial charge in [-0.1, -0.05) is 18.6 Å². The van der Waals surface area contributed by atoms with Crippen molar-refractivity contribution in [3.63, 3.8) is 0 Å². The average Bonchev–Trinajstić information content (AvgIpc) is 2.75. The quantitative estimate of drug-likeness (QED) is 0.860. The van der Waals surface area contributed by atoms with Crippen LogP contribution in [0.4, 0.5) is 5.13 Å². The van der Waals surface area contributed by atoms with Gasteiger partial charge in [0.15, 0.2) is 5.13 Å². The summed E-state index contributed by atoms with van der Waals surface area (Å²) in [7, 11) is -3.67. The van der Waals surface area contributed by atoms with E-state index in [0.717, 1.165) is 31.4 Å². The van der Waals surface area contributed by atoms with Gasteiger partial charge < -0.3 is 0 Å². The number of nitrogens with one attached hydrogen (secondary N) is 1. The Morgan fingerprint density at radius 3 is 2.91 bits per heavy atom. The Bertz CT molecular complexity index is 827. The highest BCUT2D eigenvalue weighted by Crippen LogP contribution is 2.30. The van der Waals surface area contributed by atoms with Gasteiger partial charge in [-0.05, 0) is 43.4 Å². The van der Waals surface area contributed by atoms with E-state index >= 15 is 0 Å². The summed E-state index contributed by atoms with van der Waals surface area (Å²) >= 11 is 1.43. The lowest BCUT2D eigenvalue weighted by Crippen LogP contribution is -2.13. The normalized spacial score (nSPS) is 14.6. The number of nitrogens with zero attached hydrogens (tertiary/aromatic N) is 2. The van der Waals surface area contributed by atoms with Crippen LogP contribution in [-0.4, -0.2) is 13.4 Å². The number of anilines is 1. The minimum absolute atomic E-state index is 0.163. The molecule has 0 radical (unpaired) electrons. The number of hydrogen-bond acceptors (Lipinski definition) is 5. The summed E-state index contributed by atoms with van der Waals surface area (Å²) in [4.78, 5) is 5.81. The molecule has 7 heteroatoms. The molecule has 0 amide bonds. The molecule has 120 valence electrons. The summed E-state index contributed by atoms with van der Waals surface area (Å²) in [6.07, 6.45) is 5.54. The summed E-state index contributed by atoms with van der Waals surface area (Å²) in [5.74, 6) is 0. The third-order valence-electron chi connectivity index (χ3n) is 3.81. The standard InChI is InChI=1S/C16H17N3O2S2/c17-10-9-12-5-4-6-13(11-12)23(20,21)19-16-18-14-7-2-1-3-8-15(14)22-16/h4-6,11H,1-3,7-9H2,(H,18,19). The fourth-order valence-corrected chi connectivity index (χ4v) is 5.01.